The summed E-state index contributed by atoms with van der Waals surface area (Å²) in [6.07, 6.45) is 0. The van der Waals surface area contributed by atoms with Crippen LogP contribution in [0.5, 0.6) is 0 Å². The summed E-state index contributed by atoms with van der Waals surface area (Å²) in [5.41, 5.74) is -5.74. The molecule has 0 rings (SSSR count). The number of hydrogen-bond acceptors (Lipinski definition) is 2. The van der Waals surface area contributed by atoms with Gasteiger partial charge in [0.25, 0.3) is 0 Å². The van der Waals surface area contributed by atoms with Crippen LogP contribution in [0, 0.1) is 0 Å². The van der Waals surface area contributed by atoms with Crippen LogP contribution in [-0.4, -0.2) is 28.6 Å². The molecule has 0 aromatic heterocycles. The second kappa shape index (κ2) is 2.96. The van der Waals surface area contributed by atoms with Gasteiger partial charge in [-0.15, -0.1) is 0 Å². The zero-order chi connectivity index (χ0) is 10.2. The highest BCUT2D eigenvalue weighted by Crippen LogP contribution is 2.39. The van der Waals surface area contributed by atoms with E-state index in [2.05, 4.69) is 0 Å². The minimum absolute atomic E-state index is 1.44. The molecule has 6 nitrogen and oxygen atoms in total. The molecular weight excluding hydrogens is 226 g/mol. The topological polar surface area (TPSA) is 107 Å². The summed E-state index contributed by atoms with van der Waals surface area (Å²) in [6, 6.07) is 0. The molecule has 0 aliphatic carbocycles. The Labute approximate surface area is 64.6 Å². The van der Waals surface area contributed by atoms with E-state index in [0.717, 1.165) is 0 Å². The Bertz CT molecular complexity index is 302. The van der Waals surface area contributed by atoms with Crippen molar-refractivity contribution in [1.29, 1.82) is 0 Å². The van der Waals surface area contributed by atoms with Crippen LogP contribution in [0.2, 0.25) is 0 Å². The fraction of sp³-hybridized carbons (Fsp3) is 1.00. The maximum absolute atomic E-state index is 11.4. The molecule has 0 bridgehead atoms. The molecule has 0 heterocycles. The molecule has 0 aliphatic heterocycles. The van der Waals surface area contributed by atoms with Crippen molar-refractivity contribution >= 4 is 17.8 Å². The Morgan fingerprint density at radius 3 is 1.58 bits per heavy atom. The predicted molar refractivity (Wildman–Crippen MR) is 31.0 cm³/mol. The summed E-state index contributed by atoms with van der Waals surface area (Å²) in [4.78, 5) is 23.7. The lowest BCUT2D eigenvalue weighted by Crippen LogP contribution is -2.20. The molecule has 0 aromatic carbocycles. The standard InChI is InChI=1S/CH3F3NO5PS/c2-1(3,4)12(9,10)5-11(6,7)8/h6-8H. The molecule has 3 N–H and O–H groups in total. The molecule has 0 aliphatic rings. The maximum Gasteiger partial charge on any atom is 0.518 e. The summed E-state index contributed by atoms with van der Waals surface area (Å²) in [7, 11) is -11.3. The van der Waals surface area contributed by atoms with Crippen LogP contribution in [0.25, 0.3) is 0 Å². The maximum atomic E-state index is 11.4. The zero-order valence-electron chi connectivity index (χ0n) is 5.09. The molecule has 0 atom stereocenters. The smallest absolute Gasteiger partial charge is 0.318 e. The molecule has 0 unspecified atom stereocenters. The van der Waals surface area contributed by atoms with Crippen LogP contribution in [-0.2, 0) is 10.0 Å². The van der Waals surface area contributed by atoms with Crippen LogP contribution < -0.4 is 0 Å². The number of hydrogen-bond donors (Lipinski definition) is 3. The van der Waals surface area contributed by atoms with Crippen molar-refractivity contribution in [2.75, 3.05) is 0 Å². The second-order valence-electron chi connectivity index (χ2n) is 1.54. The minimum atomic E-state index is -6.03. The van der Waals surface area contributed by atoms with Gasteiger partial charge < -0.3 is 14.7 Å². The highest BCUT2D eigenvalue weighted by atomic mass is 32.2. The monoisotopic (exact) mass is 229 g/mol. The Morgan fingerprint density at radius 2 is 1.50 bits per heavy atom. The van der Waals surface area contributed by atoms with E-state index in [1.807, 2.05) is 0 Å². The van der Waals surface area contributed by atoms with Gasteiger partial charge in [0.15, 0.2) is 0 Å². The van der Waals surface area contributed by atoms with E-state index < -0.39 is 23.3 Å². The van der Waals surface area contributed by atoms with Crippen LogP contribution >= 0.6 is 7.74 Å². The van der Waals surface area contributed by atoms with Gasteiger partial charge in [0.1, 0.15) is 0 Å². The quantitative estimate of drug-likeness (QED) is 0.538. The number of rotatable bonds is 1. The van der Waals surface area contributed by atoms with Gasteiger partial charge in [-0.2, -0.15) is 21.6 Å². The number of alkyl halides is 3. The molecule has 0 saturated heterocycles. The lowest BCUT2D eigenvalue weighted by Gasteiger charge is -2.04. The van der Waals surface area contributed by atoms with Crippen molar-refractivity contribution in [2.24, 2.45) is 4.15 Å². The van der Waals surface area contributed by atoms with Crippen LogP contribution in [0.1, 0.15) is 0 Å². The van der Waals surface area contributed by atoms with Gasteiger partial charge in [0, 0.05) is 0 Å². The summed E-state index contributed by atoms with van der Waals surface area (Å²) >= 11 is 0. The van der Waals surface area contributed by atoms with Gasteiger partial charge in [0.05, 0.1) is 0 Å². The molecular formula is CH3F3NO5PS. The van der Waals surface area contributed by atoms with E-state index in [9.17, 15) is 21.6 Å². The van der Waals surface area contributed by atoms with E-state index in [-0.39, 0.29) is 0 Å². The Hall–Kier alpha value is -0.150. The van der Waals surface area contributed by atoms with Crippen LogP contribution in [0.4, 0.5) is 13.2 Å². The number of nitrogens with zero attached hydrogens (tertiary/aromatic N) is 1. The van der Waals surface area contributed by atoms with E-state index in [1.165, 1.54) is 4.15 Å². The third-order valence-electron chi connectivity index (χ3n) is 0.510. The molecule has 74 valence electrons. The molecule has 0 amide bonds. The minimum Gasteiger partial charge on any atom is -0.318 e. The lowest BCUT2D eigenvalue weighted by molar-refractivity contribution is -0.0436. The summed E-state index contributed by atoms with van der Waals surface area (Å²) in [5, 5.41) is 0. The van der Waals surface area contributed by atoms with Crippen molar-refractivity contribution in [3.63, 3.8) is 0 Å². The fourth-order valence-corrected chi connectivity index (χ4v) is 1.71. The molecule has 0 saturated carbocycles. The van der Waals surface area contributed by atoms with Gasteiger partial charge in [-0.25, -0.2) is 0 Å². The van der Waals surface area contributed by atoms with Crippen molar-refractivity contribution in [2.45, 2.75) is 5.51 Å². The van der Waals surface area contributed by atoms with Crippen molar-refractivity contribution < 1.29 is 36.3 Å². The molecule has 0 fully saturated rings. The second-order valence-corrected chi connectivity index (χ2v) is 4.68. The Morgan fingerprint density at radius 1 is 1.17 bits per heavy atom. The first-order valence-electron chi connectivity index (χ1n) is 2.09. The van der Waals surface area contributed by atoms with E-state index in [0.29, 0.717) is 0 Å². The van der Waals surface area contributed by atoms with Gasteiger partial charge in [-0.3, -0.25) is 0 Å². The molecule has 0 spiro atoms. The first kappa shape index (κ1) is 11.8. The molecule has 0 radical (unpaired) electrons. The average molecular weight is 229 g/mol. The van der Waals surface area contributed by atoms with Crippen LogP contribution in [0.3, 0.4) is 0 Å². The fourth-order valence-electron chi connectivity index (χ4n) is 0.191. The number of sulfonamides is 1. The first-order chi connectivity index (χ1) is 4.96. The Balaban J connectivity index is 5.23. The normalized spacial score (nSPS) is 14.5. The largest absolute Gasteiger partial charge is 0.518 e. The summed E-state index contributed by atoms with van der Waals surface area (Å²) < 4.78 is 55.4. The highest BCUT2D eigenvalue weighted by Gasteiger charge is 2.47. The summed E-state index contributed by atoms with van der Waals surface area (Å²) in [6.45, 7) is 0. The predicted octanol–water partition coefficient (Wildman–Crippen LogP) is -0.241. The van der Waals surface area contributed by atoms with Gasteiger partial charge in [-0.05, 0) is 0 Å². The first-order valence-corrected chi connectivity index (χ1v) is 5.13. The van der Waals surface area contributed by atoms with Crippen molar-refractivity contribution in [3.05, 3.63) is 0 Å². The average Bonchev–Trinajstić information content (AvgIpc) is 1.52. The Kier molecular flexibility index (Phi) is 2.93. The van der Waals surface area contributed by atoms with Crippen molar-refractivity contribution in [3.8, 4) is 0 Å². The van der Waals surface area contributed by atoms with Gasteiger partial charge >= 0.3 is 23.3 Å². The number of halogens is 3. The van der Waals surface area contributed by atoms with Gasteiger partial charge in [0.2, 0.25) is 0 Å². The van der Waals surface area contributed by atoms with E-state index in [4.69, 9.17) is 14.7 Å². The third kappa shape index (κ3) is 3.50. The summed E-state index contributed by atoms with van der Waals surface area (Å²) in [5.74, 6) is 0. The highest BCUT2D eigenvalue weighted by molar-refractivity contribution is 7.93. The molecule has 12 heavy (non-hydrogen) atoms. The van der Waals surface area contributed by atoms with Crippen LogP contribution in [0.15, 0.2) is 4.15 Å². The van der Waals surface area contributed by atoms with Gasteiger partial charge in [-0.1, -0.05) is 4.15 Å². The molecule has 11 heteroatoms. The third-order valence-corrected chi connectivity index (χ3v) is 2.83. The molecule has 0 aromatic rings. The van der Waals surface area contributed by atoms with E-state index >= 15 is 0 Å². The zero-order valence-corrected chi connectivity index (χ0v) is 6.81. The SMILES string of the molecule is O=S(=O)(N=P(O)(O)O)C(F)(F)F. The van der Waals surface area contributed by atoms with Crippen molar-refractivity contribution in [1.82, 2.24) is 0 Å². The van der Waals surface area contributed by atoms with E-state index in [1.54, 1.807) is 0 Å². The lowest BCUT2D eigenvalue weighted by atomic mass is 11.6.